The second-order valence-electron chi connectivity index (χ2n) is 7.27. The van der Waals surface area contributed by atoms with Crippen molar-refractivity contribution in [2.24, 2.45) is 0 Å². The largest absolute Gasteiger partial charge is 0.494 e. The van der Waals surface area contributed by atoms with E-state index in [1.54, 1.807) is 43.3 Å². The van der Waals surface area contributed by atoms with Gasteiger partial charge in [-0.25, -0.2) is 4.79 Å². The number of rotatable bonds is 7. The lowest BCUT2D eigenvalue weighted by Crippen LogP contribution is -2.53. The van der Waals surface area contributed by atoms with Crippen LogP contribution in [0, 0.1) is 10.1 Å². The van der Waals surface area contributed by atoms with Crippen LogP contribution in [-0.2, 0) is 16.1 Å². The number of nitrogens with zero attached hydrogens (tertiary/aromatic N) is 2. The molecule has 10 nitrogen and oxygen atoms in total. The van der Waals surface area contributed by atoms with Gasteiger partial charge >= 0.3 is 6.03 Å². The maximum Gasteiger partial charge on any atom is 0.331 e. The zero-order chi connectivity index (χ0) is 24.2. The molecule has 10 heteroatoms. The number of urea groups is 1. The standard InChI is InChI=1S/C24H19N3O7/c1-2-33-16-8-10-18(20(13-16)27(31)32)21-11-9-17(34-21)12-19-22(28)25-24(30)26(23(19)29)14-15-6-4-3-5-7-15/h3-13H,2,14H2,1H3,(H,25,28,30)/b19-12-. The number of amides is 4. The Morgan fingerprint density at radius 1 is 1.09 bits per heavy atom. The number of nitro groups is 1. The third kappa shape index (κ3) is 4.56. The summed E-state index contributed by atoms with van der Waals surface area (Å²) in [6.07, 6.45) is 1.20. The number of carbonyl (C=O) groups is 3. The predicted octanol–water partition coefficient (Wildman–Crippen LogP) is 3.92. The van der Waals surface area contributed by atoms with Gasteiger partial charge in [0.25, 0.3) is 17.5 Å². The Kier molecular flexibility index (Phi) is 6.22. The van der Waals surface area contributed by atoms with Crippen LogP contribution in [0.4, 0.5) is 10.5 Å². The molecule has 172 valence electrons. The molecule has 1 saturated heterocycles. The normalized spacial score (nSPS) is 14.9. The van der Waals surface area contributed by atoms with Crippen molar-refractivity contribution < 1.29 is 28.5 Å². The molecule has 0 bridgehead atoms. The van der Waals surface area contributed by atoms with Crippen LogP contribution in [0.25, 0.3) is 17.4 Å². The number of nitro benzene ring substituents is 1. The molecule has 0 radical (unpaired) electrons. The van der Waals surface area contributed by atoms with Gasteiger partial charge in [-0.15, -0.1) is 0 Å². The quantitative estimate of drug-likeness (QED) is 0.244. The molecule has 0 unspecified atom stereocenters. The molecular weight excluding hydrogens is 442 g/mol. The number of hydrogen-bond donors (Lipinski definition) is 1. The minimum Gasteiger partial charge on any atom is -0.494 e. The van der Waals surface area contributed by atoms with E-state index in [0.717, 1.165) is 4.90 Å². The number of barbiturate groups is 1. The molecule has 1 aliphatic rings. The van der Waals surface area contributed by atoms with E-state index in [-0.39, 0.29) is 34.9 Å². The number of carbonyl (C=O) groups excluding carboxylic acids is 3. The van der Waals surface area contributed by atoms with Crippen LogP contribution in [0.5, 0.6) is 5.75 Å². The SMILES string of the molecule is CCOc1ccc(-c2ccc(/C=C3/C(=O)NC(=O)N(Cc4ccccc4)C3=O)o2)c([N+](=O)[O-])c1. The van der Waals surface area contributed by atoms with Crippen molar-refractivity contribution in [1.29, 1.82) is 0 Å². The van der Waals surface area contributed by atoms with Crippen LogP contribution in [0.3, 0.4) is 0 Å². The summed E-state index contributed by atoms with van der Waals surface area (Å²) in [6.45, 7) is 2.11. The minimum atomic E-state index is -0.857. The molecule has 4 amide bonds. The lowest BCUT2D eigenvalue weighted by atomic mass is 10.1. The summed E-state index contributed by atoms with van der Waals surface area (Å²) in [5, 5.41) is 13.7. The lowest BCUT2D eigenvalue weighted by Gasteiger charge is -2.26. The third-order valence-electron chi connectivity index (χ3n) is 5.03. The maximum atomic E-state index is 12.9. The van der Waals surface area contributed by atoms with E-state index in [0.29, 0.717) is 17.9 Å². The molecule has 1 N–H and O–H groups in total. The Hall–Kier alpha value is -4.73. The second kappa shape index (κ2) is 9.41. The summed E-state index contributed by atoms with van der Waals surface area (Å²) in [5.74, 6) is -1.00. The first-order chi connectivity index (χ1) is 16.4. The van der Waals surface area contributed by atoms with Crippen molar-refractivity contribution >= 4 is 29.6 Å². The number of nitrogens with one attached hydrogen (secondary N) is 1. The van der Waals surface area contributed by atoms with E-state index in [4.69, 9.17) is 9.15 Å². The number of furan rings is 1. The van der Waals surface area contributed by atoms with Crippen LogP contribution in [-0.4, -0.2) is 34.3 Å². The fourth-order valence-corrected chi connectivity index (χ4v) is 3.45. The Morgan fingerprint density at radius 3 is 2.56 bits per heavy atom. The highest BCUT2D eigenvalue weighted by atomic mass is 16.6. The van der Waals surface area contributed by atoms with Crippen molar-refractivity contribution in [1.82, 2.24) is 10.2 Å². The Labute approximate surface area is 193 Å². The van der Waals surface area contributed by atoms with E-state index < -0.39 is 22.8 Å². The number of ether oxygens (including phenoxy) is 1. The van der Waals surface area contributed by atoms with E-state index in [2.05, 4.69) is 5.32 Å². The number of benzene rings is 2. The molecule has 1 aromatic heterocycles. The van der Waals surface area contributed by atoms with Crippen molar-refractivity contribution in [3.05, 3.63) is 87.7 Å². The predicted molar refractivity (Wildman–Crippen MR) is 120 cm³/mol. The van der Waals surface area contributed by atoms with Crippen LogP contribution in [0.15, 0.2) is 70.7 Å². The molecule has 3 aromatic rings. The molecule has 0 spiro atoms. The average molecular weight is 461 g/mol. The first-order valence-electron chi connectivity index (χ1n) is 10.3. The van der Waals surface area contributed by atoms with Crippen molar-refractivity contribution in [2.75, 3.05) is 6.61 Å². The van der Waals surface area contributed by atoms with Crippen molar-refractivity contribution in [3.8, 4) is 17.1 Å². The maximum absolute atomic E-state index is 12.9. The Morgan fingerprint density at radius 2 is 1.85 bits per heavy atom. The highest BCUT2D eigenvalue weighted by Crippen LogP contribution is 2.34. The van der Waals surface area contributed by atoms with Gasteiger partial charge in [0.15, 0.2) is 0 Å². The molecule has 0 aliphatic carbocycles. The summed E-state index contributed by atoms with van der Waals surface area (Å²) in [5.41, 5.74) is 0.407. The molecule has 0 atom stereocenters. The summed E-state index contributed by atoms with van der Waals surface area (Å²) >= 11 is 0. The second-order valence-corrected chi connectivity index (χ2v) is 7.27. The van der Waals surface area contributed by atoms with E-state index in [1.165, 1.54) is 30.3 Å². The van der Waals surface area contributed by atoms with Gasteiger partial charge in [0.2, 0.25) is 0 Å². The minimum absolute atomic E-state index is 0.0160. The van der Waals surface area contributed by atoms with Crippen LogP contribution in [0.2, 0.25) is 0 Å². The van der Waals surface area contributed by atoms with Crippen LogP contribution in [0.1, 0.15) is 18.2 Å². The molecule has 34 heavy (non-hydrogen) atoms. The Bertz CT molecular complexity index is 1310. The highest BCUT2D eigenvalue weighted by Gasteiger charge is 2.36. The molecule has 0 saturated carbocycles. The highest BCUT2D eigenvalue weighted by molar-refractivity contribution is 6.30. The Balaban J connectivity index is 1.63. The van der Waals surface area contributed by atoms with Gasteiger partial charge in [-0.1, -0.05) is 30.3 Å². The van der Waals surface area contributed by atoms with Gasteiger partial charge in [-0.2, -0.15) is 0 Å². The topological polar surface area (TPSA) is 132 Å². The molecule has 2 aromatic carbocycles. The van der Waals surface area contributed by atoms with Gasteiger partial charge in [-0.3, -0.25) is 29.9 Å². The van der Waals surface area contributed by atoms with Gasteiger partial charge in [0.1, 0.15) is 22.8 Å². The molecule has 4 rings (SSSR count). The first kappa shape index (κ1) is 22.5. The molecule has 1 fully saturated rings. The smallest absolute Gasteiger partial charge is 0.331 e. The first-order valence-corrected chi connectivity index (χ1v) is 10.3. The van der Waals surface area contributed by atoms with E-state index in [1.807, 2.05) is 0 Å². The van der Waals surface area contributed by atoms with Gasteiger partial charge in [0, 0.05) is 0 Å². The zero-order valence-corrected chi connectivity index (χ0v) is 18.0. The van der Waals surface area contributed by atoms with Crippen molar-refractivity contribution in [3.63, 3.8) is 0 Å². The van der Waals surface area contributed by atoms with E-state index in [9.17, 15) is 24.5 Å². The van der Waals surface area contributed by atoms with E-state index >= 15 is 0 Å². The van der Waals surface area contributed by atoms with Crippen LogP contribution < -0.4 is 10.1 Å². The summed E-state index contributed by atoms with van der Waals surface area (Å²) in [6, 6.07) is 15.4. The number of imide groups is 2. The monoisotopic (exact) mass is 461 g/mol. The third-order valence-corrected chi connectivity index (χ3v) is 5.03. The summed E-state index contributed by atoms with van der Waals surface area (Å²) in [4.78, 5) is 49.4. The van der Waals surface area contributed by atoms with Crippen LogP contribution >= 0.6 is 0 Å². The fourth-order valence-electron chi connectivity index (χ4n) is 3.45. The van der Waals surface area contributed by atoms with Gasteiger partial charge in [-0.05, 0) is 42.8 Å². The fraction of sp³-hybridized carbons (Fsp3) is 0.125. The lowest BCUT2D eigenvalue weighted by molar-refractivity contribution is -0.384. The summed E-state index contributed by atoms with van der Waals surface area (Å²) in [7, 11) is 0. The van der Waals surface area contributed by atoms with Gasteiger partial charge in [0.05, 0.1) is 29.7 Å². The van der Waals surface area contributed by atoms with Crippen molar-refractivity contribution in [2.45, 2.75) is 13.5 Å². The molecular formula is C24H19N3O7. The number of hydrogen-bond acceptors (Lipinski definition) is 7. The molecule has 2 heterocycles. The average Bonchev–Trinajstić information content (AvgIpc) is 3.29. The molecule has 1 aliphatic heterocycles. The zero-order valence-electron chi connectivity index (χ0n) is 18.0. The summed E-state index contributed by atoms with van der Waals surface area (Å²) < 4.78 is 11.0. The van der Waals surface area contributed by atoms with Gasteiger partial charge < -0.3 is 9.15 Å².